The normalized spacial score (nSPS) is 29.3. The Labute approximate surface area is 167 Å². The molecule has 1 aliphatic rings. The van der Waals surface area contributed by atoms with Crippen molar-refractivity contribution in [2.45, 2.75) is 50.3 Å². The van der Waals surface area contributed by atoms with Crippen LogP contribution in [0, 0.1) is 0 Å². The van der Waals surface area contributed by atoms with Gasteiger partial charge < -0.3 is 29.9 Å². The molecule has 0 amide bonds. The molecule has 0 radical (unpaired) electrons. The number of rotatable bonds is 6. The maximum Gasteiger partial charge on any atom is 0.308 e. The van der Waals surface area contributed by atoms with Gasteiger partial charge >= 0.3 is 5.97 Å². The monoisotopic (exact) mass is 404 g/mol. The van der Waals surface area contributed by atoms with Crippen molar-refractivity contribution in [2.24, 2.45) is 0 Å². The molecule has 2 aromatic rings. The fraction of sp³-hybridized carbons (Fsp3) is 0.381. The molecule has 0 aromatic heterocycles. The first-order valence-corrected chi connectivity index (χ1v) is 9.27. The van der Waals surface area contributed by atoms with Gasteiger partial charge in [-0.15, -0.1) is 0 Å². The second-order valence-corrected chi connectivity index (χ2v) is 6.66. The average molecular weight is 404 g/mol. The van der Waals surface area contributed by atoms with Crippen LogP contribution in [0.4, 0.5) is 0 Å². The minimum Gasteiger partial charge on any atom is -0.461 e. The molecule has 29 heavy (non-hydrogen) atoms. The molecule has 1 aliphatic heterocycles. The van der Waals surface area contributed by atoms with Crippen LogP contribution in [0.3, 0.4) is 0 Å². The van der Waals surface area contributed by atoms with Crippen LogP contribution in [0.5, 0.6) is 5.75 Å². The smallest absolute Gasteiger partial charge is 0.308 e. The molecule has 1 heterocycles. The lowest BCUT2D eigenvalue weighted by molar-refractivity contribution is -0.386. The number of aliphatic hydroxyl groups excluding tert-OH is 4. The minimum atomic E-state index is -2.09. The third kappa shape index (κ3) is 4.12. The van der Waals surface area contributed by atoms with E-state index in [9.17, 15) is 25.2 Å². The van der Waals surface area contributed by atoms with Crippen LogP contribution < -0.4 is 4.74 Å². The number of esters is 1. The zero-order valence-corrected chi connectivity index (χ0v) is 15.8. The summed E-state index contributed by atoms with van der Waals surface area (Å²) in [4.78, 5) is 12.1. The molecule has 0 aliphatic carbocycles. The highest BCUT2D eigenvalue weighted by atomic mass is 16.8. The van der Waals surface area contributed by atoms with E-state index >= 15 is 0 Å². The summed E-state index contributed by atoms with van der Waals surface area (Å²) in [7, 11) is 0. The first kappa shape index (κ1) is 21.2. The molecular formula is C21H24O8. The van der Waals surface area contributed by atoms with Gasteiger partial charge in [0.15, 0.2) is 6.10 Å². The molecule has 3 rings (SSSR count). The Hall–Kier alpha value is -2.49. The zero-order valence-electron chi connectivity index (χ0n) is 15.8. The number of para-hydroxylation sites is 1. The van der Waals surface area contributed by atoms with Crippen LogP contribution in [0.15, 0.2) is 54.6 Å². The van der Waals surface area contributed by atoms with E-state index in [-0.39, 0.29) is 24.3 Å². The highest BCUT2D eigenvalue weighted by molar-refractivity contribution is 5.69. The summed E-state index contributed by atoms with van der Waals surface area (Å²) in [6.45, 7) is 1.26. The van der Waals surface area contributed by atoms with E-state index in [2.05, 4.69) is 0 Å². The van der Waals surface area contributed by atoms with Crippen molar-refractivity contribution in [2.75, 3.05) is 0 Å². The maximum atomic E-state index is 12.1. The van der Waals surface area contributed by atoms with E-state index in [0.29, 0.717) is 5.56 Å². The molecule has 156 valence electrons. The van der Waals surface area contributed by atoms with Crippen molar-refractivity contribution in [3.63, 3.8) is 0 Å². The molecule has 5 atom stereocenters. The third-order valence-electron chi connectivity index (χ3n) is 4.75. The van der Waals surface area contributed by atoms with E-state index in [1.165, 1.54) is 0 Å². The fourth-order valence-corrected chi connectivity index (χ4v) is 3.15. The van der Waals surface area contributed by atoms with Gasteiger partial charge in [-0.2, -0.15) is 0 Å². The quantitative estimate of drug-likeness (QED) is 0.521. The molecule has 0 unspecified atom stereocenters. The maximum absolute atomic E-state index is 12.1. The standard InChI is InChI=1S/C21H24O8/c1-2-16(23)28-21(14-9-4-3-5-10-14)19(26)17(24)18(25)20(29-21)27-15-11-7-6-8-13(15)12-22/h3-11,17-20,22,24-26H,2,12H2,1H3/t17-,18-,19+,20-,21+/m1/s1. The highest BCUT2D eigenvalue weighted by Crippen LogP contribution is 2.40. The van der Waals surface area contributed by atoms with Gasteiger partial charge in [-0.1, -0.05) is 55.5 Å². The molecule has 0 bridgehead atoms. The number of hydrogen-bond donors (Lipinski definition) is 4. The SMILES string of the molecule is CCC(=O)O[C@@]1(c2ccccc2)O[C@@H](Oc2ccccc2CO)[C@H](O)[C@@H](O)[C@@H]1O. The summed E-state index contributed by atoms with van der Waals surface area (Å²) < 4.78 is 17.0. The molecule has 1 saturated heterocycles. The number of benzene rings is 2. The highest BCUT2D eigenvalue weighted by Gasteiger charge is 2.58. The number of ether oxygens (including phenoxy) is 3. The van der Waals surface area contributed by atoms with Gasteiger partial charge in [-0.25, -0.2) is 0 Å². The second kappa shape index (κ2) is 8.89. The number of carbonyl (C=O) groups excluding carboxylic acids is 1. The van der Waals surface area contributed by atoms with Crippen LogP contribution in [0.1, 0.15) is 24.5 Å². The van der Waals surface area contributed by atoms with Gasteiger partial charge in [0.25, 0.3) is 5.79 Å². The van der Waals surface area contributed by atoms with Crippen LogP contribution in [0.2, 0.25) is 0 Å². The van der Waals surface area contributed by atoms with Gasteiger partial charge in [0.2, 0.25) is 6.29 Å². The van der Waals surface area contributed by atoms with Crippen molar-refractivity contribution >= 4 is 5.97 Å². The van der Waals surface area contributed by atoms with E-state index in [1.807, 2.05) is 0 Å². The topological polar surface area (TPSA) is 126 Å². The van der Waals surface area contributed by atoms with Gasteiger partial charge in [0, 0.05) is 17.5 Å². The van der Waals surface area contributed by atoms with Crippen molar-refractivity contribution in [1.82, 2.24) is 0 Å². The summed E-state index contributed by atoms with van der Waals surface area (Å²) >= 11 is 0. The molecule has 0 spiro atoms. The Morgan fingerprint density at radius 2 is 1.69 bits per heavy atom. The van der Waals surface area contributed by atoms with Crippen LogP contribution in [0.25, 0.3) is 0 Å². The van der Waals surface area contributed by atoms with Crippen LogP contribution in [-0.2, 0) is 26.7 Å². The predicted octanol–water partition coefficient (Wildman–Crippen LogP) is 0.803. The first-order valence-electron chi connectivity index (χ1n) is 9.27. The largest absolute Gasteiger partial charge is 0.461 e. The van der Waals surface area contributed by atoms with E-state index in [1.54, 1.807) is 61.5 Å². The molecule has 8 nitrogen and oxygen atoms in total. The van der Waals surface area contributed by atoms with Crippen molar-refractivity contribution in [1.29, 1.82) is 0 Å². The lowest BCUT2D eigenvalue weighted by Crippen LogP contribution is -2.65. The predicted molar refractivity (Wildman–Crippen MR) is 100 cm³/mol. The number of aliphatic hydroxyl groups is 4. The van der Waals surface area contributed by atoms with Gasteiger partial charge in [-0.05, 0) is 6.07 Å². The molecule has 1 fully saturated rings. The lowest BCUT2D eigenvalue weighted by atomic mass is 9.90. The van der Waals surface area contributed by atoms with Gasteiger partial charge in [0.05, 0.1) is 6.61 Å². The van der Waals surface area contributed by atoms with Gasteiger partial charge in [-0.3, -0.25) is 9.53 Å². The second-order valence-electron chi connectivity index (χ2n) is 6.66. The van der Waals surface area contributed by atoms with E-state index in [4.69, 9.17) is 14.2 Å². The summed E-state index contributed by atoms with van der Waals surface area (Å²) in [6.07, 6.45) is -6.65. The van der Waals surface area contributed by atoms with Crippen molar-refractivity contribution < 1.29 is 39.4 Å². The molecule has 2 aromatic carbocycles. The zero-order chi connectivity index (χ0) is 21.0. The summed E-state index contributed by atoms with van der Waals surface area (Å²) in [5.74, 6) is -2.55. The Bertz CT molecular complexity index is 826. The first-order chi connectivity index (χ1) is 13.9. The van der Waals surface area contributed by atoms with E-state index < -0.39 is 36.4 Å². The average Bonchev–Trinajstić information content (AvgIpc) is 2.76. The Balaban J connectivity index is 2.02. The fourth-order valence-electron chi connectivity index (χ4n) is 3.15. The Morgan fingerprint density at radius 3 is 2.34 bits per heavy atom. The Kier molecular flexibility index (Phi) is 6.51. The van der Waals surface area contributed by atoms with Crippen LogP contribution >= 0.6 is 0 Å². The van der Waals surface area contributed by atoms with Crippen molar-refractivity contribution in [3.05, 3.63) is 65.7 Å². The number of carbonyl (C=O) groups is 1. The lowest BCUT2D eigenvalue weighted by Gasteiger charge is -2.47. The van der Waals surface area contributed by atoms with Crippen molar-refractivity contribution in [3.8, 4) is 5.75 Å². The van der Waals surface area contributed by atoms with Crippen LogP contribution in [-0.4, -0.2) is 51.0 Å². The minimum absolute atomic E-state index is 0.00216. The summed E-state index contributed by atoms with van der Waals surface area (Å²) in [6, 6.07) is 14.7. The van der Waals surface area contributed by atoms with E-state index in [0.717, 1.165) is 0 Å². The summed E-state index contributed by atoms with van der Waals surface area (Å²) in [5, 5.41) is 41.2. The molecule has 8 heteroatoms. The Morgan fingerprint density at radius 1 is 1.03 bits per heavy atom. The third-order valence-corrected chi connectivity index (χ3v) is 4.75. The summed E-state index contributed by atoms with van der Waals surface area (Å²) in [5.41, 5.74) is 0.698. The van der Waals surface area contributed by atoms with Gasteiger partial charge in [0.1, 0.15) is 18.0 Å². The molecular weight excluding hydrogens is 380 g/mol. The number of hydrogen-bond acceptors (Lipinski definition) is 8. The molecule has 4 N–H and O–H groups in total. The molecule has 0 saturated carbocycles.